The molecule has 0 saturated heterocycles. The normalized spacial score (nSPS) is 6.44. The van der Waals surface area contributed by atoms with Gasteiger partial charge >= 0.3 is 0 Å². The Kier molecular flexibility index (Phi) is 19.9. The fourth-order valence-corrected chi connectivity index (χ4v) is 0.807. The summed E-state index contributed by atoms with van der Waals surface area (Å²) >= 11 is 0. The molecule has 18 heavy (non-hydrogen) atoms. The number of hydrogen-bond donors (Lipinski definition) is 2. The van der Waals surface area contributed by atoms with Crippen LogP contribution in [0, 0.1) is 24.7 Å². The first kappa shape index (κ1) is 21.0. The van der Waals surface area contributed by atoms with Crippen LogP contribution in [0.2, 0.25) is 0 Å². The molecule has 1 aromatic rings. The van der Waals surface area contributed by atoms with Crippen molar-refractivity contribution >= 4 is 17.9 Å². The van der Waals surface area contributed by atoms with Gasteiger partial charge in [-0.15, -0.1) is 0 Å². The summed E-state index contributed by atoms with van der Waals surface area (Å²) in [6, 6.07) is 8.45. The molecular weight excluding hydrogens is 232 g/mol. The molecule has 0 bridgehead atoms. The molecule has 0 fully saturated rings. The number of Topliss-reactive ketones (excluding diaryl/α,β-unsaturated/α-hetero) is 1. The van der Waals surface area contributed by atoms with Crippen LogP contribution in [0.5, 0.6) is 0 Å². The first-order valence-electron chi connectivity index (χ1n) is 4.93. The summed E-state index contributed by atoms with van der Waals surface area (Å²) in [7, 11) is 0. The van der Waals surface area contributed by atoms with Crippen LogP contribution in [-0.2, 0) is 14.4 Å². The van der Waals surface area contributed by atoms with Gasteiger partial charge in [0, 0.05) is 0 Å². The highest BCUT2D eigenvalue weighted by Gasteiger charge is 1.80. The molecule has 98 valence electrons. The van der Waals surface area contributed by atoms with Crippen molar-refractivity contribution in [1.82, 2.24) is 0 Å². The summed E-state index contributed by atoms with van der Waals surface area (Å²) in [5.74, 6) is 0.167. The Hall–Kier alpha value is -2.35. The van der Waals surface area contributed by atoms with E-state index in [9.17, 15) is 4.79 Å². The van der Waals surface area contributed by atoms with E-state index in [0.717, 1.165) is 12.2 Å². The van der Waals surface area contributed by atoms with Gasteiger partial charge in [-0.1, -0.05) is 35.4 Å². The van der Waals surface area contributed by atoms with Gasteiger partial charge < -0.3 is 4.79 Å². The highest BCUT2D eigenvalue weighted by atomic mass is 16.1. The van der Waals surface area contributed by atoms with Gasteiger partial charge in [0.05, 0.1) is 0 Å². The summed E-state index contributed by atoms with van der Waals surface area (Å²) < 4.78 is 0. The van der Waals surface area contributed by atoms with Crippen molar-refractivity contribution in [2.24, 2.45) is 0 Å². The van der Waals surface area contributed by atoms with Crippen LogP contribution in [0.25, 0.3) is 0 Å². The van der Waals surface area contributed by atoms with E-state index < -0.39 is 0 Å². The van der Waals surface area contributed by atoms with Gasteiger partial charge in [-0.25, -0.2) is 20.4 Å². The van der Waals surface area contributed by atoms with Crippen molar-refractivity contribution in [2.75, 3.05) is 0 Å². The maximum atomic E-state index is 9.44. The van der Waals surface area contributed by atoms with Crippen molar-refractivity contribution in [3.63, 3.8) is 0 Å². The summed E-state index contributed by atoms with van der Waals surface area (Å²) in [6.45, 7) is 7.26. The topological polar surface area (TPSA) is 98.9 Å². The van der Waals surface area contributed by atoms with E-state index in [0.29, 0.717) is 0 Å². The Morgan fingerprint density at radius 1 is 1.00 bits per heavy atom. The molecule has 0 aliphatic rings. The molecule has 5 nitrogen and oxygen atoms in total. The fourth-order valence-electron chi connectivity index (χ4n) is 0.807. The summed E-state index contributed by atoms with van der Waals surface area (Å²) in [5.41, 5.74) is 2.68. The third-order valence-electron chi connectivity index (χ3n) is 1.17. The molecule has 0 atom stereocenters. The molecule has 0 radical (unpaired) electrons. The molecule has 0 spiro atoms. The van der Waals surface area contributed by atoms with E-state index >= 15 is 0 Å². The monoisotopic (exact) mass is 250 g/mol. The number of aryl methyl sites for hydroxylation is 2. The second kappa shape index (κ2) is 17.1. The van der Waals surface area contributed by atoms with Crippen molar-refractivity contribution in [1.29, 1.82) is 10.8 Å². The molecule has 5 heteroatoms. The molecule has 0 aliphatic carbocycles. The van der Waals surface area contributed by atoms with Crippen LogP contribution in [0.15, 0.2) is 24.3 Å². The smallest absolute Gasteiger partial charge is 0.231 e. The zero-order valence-corrected chi connectivity index (χ0v) is 11.0. The molecule has 0 amide bonds. The maximum Gasteiger partial charge on any atom is 0.231 e. The Morgan fingerprint density at radius 2 is 1.22 bits per heavy atom. The highest BCUT2D eigenvalue weighted by Crippen LogP contribution is 2.00. The van der Waals surface area contributed by atoms with Crippen molar-refractivity contribution in [2.45, 2.75) is 27.7 Å². The van der Waals surface area contributed by atoms with Gasteiger partial charge in [-0.3, -0.25) is 0 Å². The Bertz CT molecular complexity index is 369. The predicted molar refractivity (Wildman–Crippen MR) is 69.1 cm³/mol. The van der Waals surface area contributed by atoms with E-state index in [2.05, 4.69) is 38.1 Å². The van der Waals surface area contributed by atoms with E-state index in [4.69, 9.17) is 20.4 Å². The maximum absolute atomic E-state index is 9.44. The van der Waals surface area contributed by atoms with E-state index in [1.807, 2.05) is 0 Å². The molecular formula is C13H18N2O3. The second-order valence-electron chi connectivity index (χ2n) is 3.27. The van der Waals surface area contributed by atoms with Crippen LogP contribution in [0.1, 0.15) is 25.0 Å². The number of carbonyl (C=O) groups excluding carboxylic acids is 3. The second-order valence-corrected chi connectivity index (χ2v) is 3.27. The predicted octanol–water partition coefficient (Wildman–Crippen LogP) is 2.70. The zero-order chi connectivity index (χ0) is 15.0. The number of carbonyl (C=O) groups is 1. The van der Waals surface area contributed by atoms with Gasteiger partial charge in [0.1, 0.15) is 5.78 Å². The molecule has 0 unspecified atom stereocenters. The Labute approximate surface area is 107 Å². The Morgan fingerprint density at radius 3 is 1.33 bits per heavy atom. The van der Waals surface area contributed by atoms with Gasteiger partial charge in [0.25, 0.3) is 0 Å². The molecule has 0 aliphatic heterocycles. The molecule has 0 aromatic heterocycles. The lowest BCUT2D eigenvalue weighted by atomic mass is 10.2. The largest absolute Gasteiger partial charge is 0.300 e. The first-order chi connectivity index (χ1) is 8.35. The standard InChI is InChI=1S/C8H10.C3H6O.2CHNO/c1-7-4-3-5-8(2)6-7;1-3(2)4;2*2-1-3/h3-6H,1-2H3;1-2H3;2*2H. The molecule has 0 heterocycles. The Balaban J connectivity index is -0.000000192. The minimum Gasteiger partial charge on any atom is -0.300 e. The highest BCUT2D eigenvalue weighted by molar-refractivity contribution is 5.72. The zero-order valence-electron chi connectivity index (χ0n) is 11.0. The fraction of sp³-hybridized carbons (Fsp3) is 0.308. The molecule has 1 aromatic carbocycles. The van der Waals surface area contributed by atoms with Crippen molar-refractivity contribution in [3.8, 4) is 0 Å². The number of rotatable bonds is 0. The number of ketones is 1. The molecule has 2 N–H and O–H groups in total. The van der Waals surface area contributed by atoms with E-state index in [1.54, 1.807) is 0 Å². The summed E-state index contributed by atoms with van der Waals surface area (Å²) in [5, 5.41) is 10.8. The third kappa shape index (κ3) is 37.3. The van der Waals surface area contributed by atoms with Gasteiger partial charge in [-0.2, -0.15) is 0 Å². The van der Waals surface area contributed by atoms with E-state index in [1.165, 1.54) is 25.0 Å². The van der Waals surface area contributed by atoms with E-state index in [-0.39, 0.29) is 5.78 Å². The quantitative estimate of drug-likeness (QED) is 0.547. The minimum absolute atomic E-state index is 0.167. The lowest BCUT2D eigenvalue weighted by Crippen LogP contribution is -1.71. The lowest BCUT2D eigenvalue weighted by Gasteiger charge is -1.90. The van der Waals surface area contributed by atoms with Crippen LogP contribution >= 0.6 is 0 Å². The first-order valence-corrected chi connectivity index (χ1v) is 4.93. The van der Waals surface area contributed by atoms with Crippen molar-refractivity contribution < 1.29 is 14.4 Å². The minimum atomic E-state index is 0.167. The number of hydrogen-bond acceptors (Lipinski definition) is 5. The molecule has 0 saturated carbocycles. The van der Waals surface area contributed by atoms with Gasteiger partial charge in [0.15, 0.2) is 0 Å². The number of isocyanates is 2. The summed E-state index contributed by atoms with van der Waals surface area (Å²) in [6.07, 6.45) is 1.50. The number of nitrogens with one attached hydrogen (secondary N) is 2. The SMILES string of the molecule is CC(C)=O.Cc1cccc(C)c1.N=C=O.N=C=O. The third-order valence-corrected chi connectivity index (χ3v) is 1.17. The number of benzene rings is 1. The lowest BCUT2D eigenvalue weighted by molar-refractivity contribution is -0.114. The van der Waals surface area contributed by atoms with Gasteiger partial charge in [0.2, 0.25) is 12.2 Å². The van der Waals surface area contributed by atoms with Crippen LogP contribution in [0.3, 0.4) is 0 Å². The van der Waals surface area contributed by atoms with Gasteiger partial charge in [-0.05, 0) is 27.7 Å². The van der Waals surface area contributed by atoms with Crippen LogP contribution in [0.4, 0.5) is 0 Å². The van der Waals surface area contributed by atoms with Crippen LogP contribution < -0.4 is 0 Å². The average molecular weight is 250 g/mol. The summed E-state index contributed by atoms with van der Waals surface area (Å²) in [4.78, 5) is 26.1. The molecule has 1 rings (SSSR count). The average Bonchev–Trinajstić information content (AvgIpc) is 2.18. The van der Waals surface area contributed by atoms with Crippen molar-refractivity contribution in [3.05, 3.63) is 35.4 Å². The van der Waals surface area contributed by atoms with Crippen LogP contribution in [-0.4, -0.2) is 17.9 Å².